The molecule has 9 nitrogen and oxygen atoms in total. The predicted octanol–water partition coefficient (Wildman–Crippen LogP) is 4.50. The molecule has 0 aliphatic carbocycles. The highest BCUT2D eigenvalue weighted by Gasteiger charge is 2.42. The lowest BCUT2D eigenvalue weighted by atomic mass is 9.96. The lowest BCUT2D eigenvalue weighted by Crippen LogP contribution is -2.58. The van der Waals surface area contributed by atoms with Gasteiger partial charge in [0, 0.05) is 43.9 Å². The number of benzene rings is 2. The number of hydrogen-bond donors (Lipinski definition) is 0. The SMILES string of the molecule is CC(C)c1nnc(CCC(=O)N2CCOC(COc3ccc(Cl)cc3)(CC(=O)N(C)Cc3ccccc3)C2)o1. The highest BCUT2D eigenvalue weighted by Crippen LogP contribution is 2.27. The van der Waals surface area contributed by atoms with E-state index in [4.69, 9.17) is 25.5 Å². The van der Waals surface area contributed by atoms with Gasteiger partial charge in [0.2, 0.25) is 23.6 Å². The number of nitrogens with zero attached hydrogens (tertiary/aromatic N) is 4. The summed E-state index contributed by atoms with van der Waals surface area (Å²) in [5.74, 6) is 1.56. The largest absolute Gasteiger partial charge is 0.490 e. The van der Waals surface area contributed by atoms with Crippen LogP contribution in [0.1, 0.15) is 50.0 Å². The molecule has 0 radical (unpaired) electrons. The number of hydrogen-bond acceptors (Lipinski definition) is 7. The molecule has 208 valence electrons. The van der Waals surface area contributed by atoms with E-state index in [2.05, 4.69) is 10.2 Å². The molecule has 2 amide bonds. The molecule has 1 aliphatic rings. The minimum atomic E-state index is -1.01. The summed E-state index contributed by atoms with van der Waals surface area (Å²) in [7, 11) is 1.77. The van der Waals surface area contributed by atoms with Gasteiger partial charge in [0.15, 0.2) is 0 Å². The molecule has 2 aromatic carbocycles. The third-order valence-electron chi connectivity index (χ3n) is 6.61. The maximum atomic E-state index is 13.4. The van der Waals surface area contributed by atoms with Crippen molar-refractivity contribution in [2.75, 3.05) is 33.4 Å². The molecule has 4 rings (SSSR count). The maximum Gasteiger partial charge on any atom is 0.225 e. The standard InChI is InChI=1S/C29H35ClN4O5/c1-21(2)28-32-31-25(39-28)13-14-26(35)34-15-16-38-29(19-34,20-37-24-11-9-23(30)10-12-24)17-27(36)33(3)18-22-7-5-4-6-8-22/h4-12,21H,13-20H2,1-3H3. The first-order valence-corrected chi connectivity index (χ1v) is 13.5. The van der Waals surface area contributed by atoms with Crippen LogP contribution in [0.5, 0.6) is 5.75 Å². The van der Waals surface area contributed by atoms with E-state index in [9.17, 15) is 9.59 Å². The van der Waals surface area contributed by atoms with Crippen LogP contribution in [0.15, 0.2) is 59.0 Å². The first kappa shape index (κ1) is 28.6. The first-order valence-electron chi connectivity index (χ1n) is 13.1. The van der Waals surface area contributed by atoms with E-state index < -0.39 is 5.60 Å². The Balaban J connectivity index is 1.44. The Morgan fingerprint density at radius 3 is 2.56 bits per heavy atom. The van der Waals surface area contributed by atoms with Gasteiger partial charge in [-0.05, 0) is 29.8 Å². The topological polar surface area (TPSA) is 98.0 Å². The third kappa shape index (κ3) is 8.03. The Labute approximate surface area is 234 Å². The molecule has 0 saturated carbocycles. The van der Waals surface area contributed by atoms with E-state index in [1.165, 1.54) is 0 Å². The van der Waals surface area contributed by atoms with Crippen molar-refractivity contribution in [2.24, 2.45) is 0 Å². The Kier molecular flexibility index (Phi) is 9.59. The highest BCUT2D eigenvalue weighted by molar-refractivity contribution is 6.30. The fraction of sp³-hybridized carbons (Fsp3) is 0.448. The zero-order valence-electron chi connectivity index (χ0n) is 22.6. The van der Waals surface area contributed by atoms with Crippen molar-refractivity contribution >= 4 is 23.4 Å². The summed E-state index contributed by atoms with van der Waals surface area (Å²) in [4.78, 5) is 30.0. The fourth-order valence-electron chi connectivity index (χ4n) is 4.38. The molecule has 0 N–H and O–H groups in total. The van der Waals surface area contributed by atoms with Crippen molar-refractivity contribution in [2.45, 2.75) is 51.2 Å². The Morgan fingerprint density at radius 2 is 1.87 bits per heavy atom. The van der Waals surface area contributed by atoms with Crippen molar-refractivity contribution in [3.05, 3.63) is 77.0 Å². The molecule has 0 bridgehead atoms. The third-order valence-corrected chi connectivity index (χ3v) is 6.86. The molecule has 1 aliphatic heterocycles. The zero-order valence-corrected chi connectivity index (χ0v) is 23.4. The molecule has 3 aromatic rings. The molecule has 39 heavy (non-hydrogen) atoms. The molecule has 1 unspecified atom stereocenters. The van der Waals surface area contributed by atoms with Crippen LogP contribution >= 0.6 is 11.6 Å². The summed E-state index contributed by atoms with van der Waals surface area (Å²) < 4.78 is 17.9. The van der Waals surface area contributed by atoms with Gasteiger partial charge < -0.3 is 23.7 Å². The van der Waals surface area contributed by atoms with Crippen molar-refractivity contribution in [1.29, 1.82) is 0 Å². The van der Waals surface area contributed by atoms with Crippen LogP contribution in [0.2, 0.25) is 5.02 Å². The van der Waals surface area contributed by atoms with Gasteiger partial charge in [-0.15, -0.1) is 10.2 Å². The van der Waals surface area contributed by atoms with Crippen LogP contribution in [0, 0.1) is 0 Å². The Bertz CT molecular complexity index is 1230. The second kappa shape index (κ2) is 13.1. The average molecular weight is 555 g/mol. The van der Waals surface area contributed by atoms with Gasteiger partial charge >= 0.3 is 0 Å². The molecule has 1 aromatic heterocycles. The Hall–Kier alpha value is -3.43. The minimum absolute atomic E-state index is 0.0646. The summed E-state index contributed by atoms with van der Waals surface area (Å²) in [5, 5.41) is 8.69. The second-order valence-electron chi connectivity index (χ2n) is 10.2. The highest BCUT2D eigenvalue weighted by atomic mass is 35.5. The average Bonchev–Trinajstić information content (AvgIpc) is 3.42. The van der Waals surface area contributed by atoms with Crippen LogP contribution < -0.4 is 4.74 Å². The molecule has 10 heteroatoms. The summed E-state index contributed by atoms with van der Waals surface area (Å²) in [5.41, 5.74) is 0.0213. The Morgan fingerprint density at radius 1 is 1.13 bits per heavy atom. The molecular formula is C29H35ClN4O5. The molecule has 1 fully saturated rings. The quantitative estimate of drug-likeness (QED) is 0.344. The lowest BCUT2D eigenvalue weighted by molar-refractivity contribution is -0.165. The van der Waals surface area contributed by atoms with Gasteiger partial charge in [-0.25, -0.2) is 0 Å². The normalized spacial score (nSPS) is 17.3. The van der Waals surface area contributed by atoms with Crippen molar-refractivity contribution in [1.82, 2.24) is 20.0 Å². The number of aryl methyl sites for hydroxylation is 1. The van der Waals surface area contributed by atoms with Crippen LogP contribution in [0.3, 0.4) is 0 Å². The van der Waals surface area contributed by atoms with E-state index in [1.54, 1.807) is 41.1 Å². The van der Waals surface area contributed by atoms with Crippen molar-refractivity contribution in [3.8, 4) is 5.75 Å². The summed E-state index contributed by atoms with van der Waals surface area (Å²) in [6, 6.07) is 16.8. The van der Waals surface area contributed by atoms with E-state index in [1.807, 2.05) is 44.2 Å². The molecule has 2 heterocycles. The number of aromatic nitrogens is 2. The molecule has 1 atom stereocenters. The van der Waals surface area contributed by atoms with Gasteiger partial charge in [0.25, 0.3) is 0 Å². The smallest absolute Gasteiger partial charge is 0.225 e. The monoisotopic (exact) mass is 554 g/mol. The predicted molar refractivity (Wildman–Crippen MR) is 146 cm³/mol. The zero-order chi connectivity index (χ0) is 27.8. The van der Waals surface area contributed by atoms with E-state index in [0.29, 0.717) is 48.7 Å². The summed E-state index contributed by atoms with van der Waals surface area (Å²) >= 11 is 6.01. The van der Waals surface area contributed by atoms with Gasteiger partial charge in [-0.1, -0.05) is 55.8 Å². The van der Waals surface area contributed by atoms with Crippen molar-refractivity contribution in [3.63, 3.8) is 0 Å². The number of carbonyl (C=O) groups is 2. The number of morpholine rings is 1. The van der Waals surface area contributed by atoms with E-state index >= 15 is 0 Å². The molecular weight excluding hydrogens is 520 g/mol. The minimum Gasteiger partial charge on any atom is -0.490 e. The number of amides is 2. The van der Waals surface area contributed by atoms with Crippen LogP contribution in [-0.4, -0.2) is 70.8 Å². The maximum absolute atomic E-state index is 13.4. The van der Waals surface area contributed by atoms with Gasteiger partial charge in [-0.2, -0.15) is 0 Å². The number of carbonyl (C=O) groups excluding carboxylic acids is 2. The second-order valence-corrected chi connectivity index (χ2v) is 10.6. The van der Waals surface area contributed by atoms with Crippen molar-refractivity contribution < 1.29 is 23.5 Å². The number of rotatable bonds is 11. The molecule has 0 spiro atoms. The summed E-state index contributed by atoms with van der Waals surface area (Å²) in [6.07, 6.45) is 0.633. The number of halogens is 1. The van der Waals surface area contributed by atoms with Crippen LogP contribution in [0.25, 0.3) is 0 Å². The number of ether oxygens (including phenoxy) is 2. The van der Waals surface area contributed by atoms with Crippen LogP contribution in [-0.2, 0) is 27.3 Å². The fourth-order valence-corrected chi connectivity index (χ4v) is 4.50. The first-order chi connectivity index (χ1) is 18.7. The van der Waals surface area contributed by atoms with Gasteiger partial charge in [0.1, 0.15) is 18.0 Å². The lowest BCUT2D eigenvalue weighted by Gasteiger charge is -2.42. The van der Waals surface area contributed by atoms with Gasteiger partial charge in [-0.3, -0.25) is 9.59 Å². The summed E-state index contributed by atoms with van der Waals surface area (Å²) in [6.45, 7) is 5.47. The van der Waals surface area contributed by atoms with Gasteiger partial charge in [0.05, 0.1) is 19.6 Å². The molecule has 1 saturated heterocycles. The van der Waals surface area contributed by atoms with E-state index in [0.717, 1.165) is 5.56 Å². The van der Waals surface area contributed by atoms with E-state index in [-0.39, 0.29) is 43.7 Å². The van der Waals surface area contributed by atoms with Crippen LogP contribution in [0.4, 0.5) is 0 Å².